The summed E-state index contributed by atoms with van der Waals surface area (Å²) in [5.74, 6) is -0.989. The molecule has 1 aliphatic heterocycles. The zero-order chi connectivity index (χ0) is 16.1. The first-order chi connectivity index (χ1) is 10.5. The van der Waals surface area contributed by atoms with Gasteiger partial charge in [-0.3, -0.25) is 4.79 Å². The second-order valence-electron chi connectivity index (χ2n) is 6.27. The van der Waals surface area contributed by atoms with Crippen molar-refractivity contribution in [3.63, 3.8) is 0 Å². The summed E-state index contributed by atoms with van der Waals surface area (Å²) in [7, 11) is 1.62. The van der Waals surface area contributed by atoms with E-state index in [1.807, 2.05) is 6.92 Å². The zero-order valence-corrected chi connectivity index (χ0v) is 13.3. The second kappa shape index (κ2) is 7.78. The Morgan fingerprint density at radius 3 is 2.55 bits per heavy atom. The van der Waals surface area contributed by atoms with E-state index in [1.165, 1.54) is 0 Å². The summed E-state index contributed by atoms with van der Waals surface area (Å²) in [6.45, 7) is 3.50. The van der Waals surface area contributed by atoms with Crippen molar-refractivity contribution < 1.29 is 24.2 Å². The molecule has 0 spiro atoms. The number of carbonyl (C=O) groups is 2. The maximum absolute atomic E-state index is 12.4. The van der Waals surface area contributed by atoms with Crippen molar-refractivity contribution in [3.8, 4) is 0 Å². The lowest BCUT2D eigenvalue weighted by Crippen LogP contribution is -2.55. The van der Waals surface area contributed by atoms with Crippen molar-refractivity contribution in [2.45, 2.75) is 50.9 Å². The Kier molecular flexibility index (Phi) is 6.02. The molecule has 7 nitrogen and oxygen atoms in total. The maximum atomic E-state index is 12.4. The number of carboxylic acid groups (broad SMARTS) is 1. The highest BCUT2D eigenvalue weighted by molar-refractivity contribution is 5.75. The van der Waals surface area contributed by atoms with Crippen LogP contribution in [0.25, 0.3) is 0 Å². The van der Waals surface area contributed by atoms with E-state index in [2.05, 4.69) is 5.32 Å². The number of nitrogens with one attached hydrogen (secondary N) is 1. The summed E-state index contributed by atoms with van der Waals surface area (Å²) in [5.41, 5.74) is 0. The molecule has 126 valence electrons. The van der Waals surface area contributed by atoms with Gasteiger partial charge in [-0.1, -0.05) is 0 Å². The lowest BCUT2D eigenvalue weighted by atomic mass is 9.86. The number of nitrogens with zero attached hydrogens (tertiary/aromatic N) is 1. The van der Waals surface area contributed by atoms with E-state index in [1.54, 1.807) is 12.0 Å². The summed E-state index contributed by atoms with van der Waals surface area (Å²) in [6.07, 6.45) is 2.61. The molecule has 2 aliphatic rings. The molecule has 2 amide bonds. The maximum Gasteiger partial charge on any atom is 0.317 e. The van der Waals surface area contributed by atoms with Gasteiger partial charge >= 0.3 is 12.0 Å². The van der Waals surface area contributed by atoms with E-state index >= 15 is 0 Å². The number of rotatable bonds is 4. The lowest BCUT2D eigenvalue weighted by Gasteiger charge is -2.37. The average Bonchev–Trinajstić information content (AvgIpc) is 2.47. The molecule has 0 radical (unpaired) electrons. The van der Waals surface area contributed by atoms with Crippen LogP contribution in [0.2, 0.25) is 0 Å². The summed E-state index contributed by atoms with van der Waals surface area (Å²) in [5, 5.41) is 12.0. The van der Waals surface area contributed by atoms with Crippen LogP contribution in [-0.2, 0) is 14.3 Å². The Morgan fingerprint density at radius 1 is 1.27 bits per heavy atom. The highest BCUT2D eigenvalue weighted by atomic mass is 16.5. The fraction of sp³-hybridized carbons (Fsp3) is 0.867. The SMILES string of the molecule is COCC1CN(C(=O)NC2CCC(C(=O)O)CC2)CC(C)O1. The summed E-state index contributed by atoms with van der Waals surface area (Å²) >= 11 is 0. The molecule has 0 aromatic rings. The van der Waals surface area contributed by atoms with Crippen molar-refractivity contribution in [2.24, 2.45) is 5.92 Å². The van der Waals surface area contributed by atoms with E-state index in [4.69, 9.17) is 14.6 Å². The third kappa shape index (κ3) is 4.58. The highest BCUT2D eigenvalue weighted by Crippen LogP contribution is 2.24. The highest BCUT2D eigenvalue weighted by Gasteiger charge is 2.31. The molecule has 1 aliphatic carbocycles. The number of carboxylic acids is 1. The van der Waals surface area contributed by atoms with Gasteiger partial charge < -0.3 is 24.8 Å². The van der Waals surface area contributed by atoms with Crippen LogP contribution in [0.4, 0.5) is 4.79 Å². The molecule has 7 heteroatoms. The van der Waals surface area contributed by atoms with Crippen LogP contribution in [0, 0.1) is 5.92 Å². The van der Waals surface area contributed by atoms with Gasteiger partial charge in [-0.05, 0) is 32.6 Å². The smallest absolute Gasteiger partial charge is 0.317 e. The first-order valence-corrected chi connectivity index (χ1v) is 7.92. The third-order valence-electron chi connectivity index (χ3n) is 4.37. The van der Waals surface area contributed by atoms with Gasteiger partial charge in [0.05, 0.1) is 31.3 Å². The lowest BCUT2D eigenvalue weighted by molar-refractivity contribution is -0.142. The topological polar surface area (TPSA) is 88.1 Å². The largest absolute Gasteiger partial charge is 0.481 e. The molecule has 0 aromatic carbocycles. The number of carbonyl (C=O) groups excluding carboxylic acids is 1. The van der Waals surface area contributed by atoms with Crippen LogP contribution in [0.5, 0.6) is 0 Å². The number of urea groups is 1. The zero-order valence-electron chi connectivity index (χ0n) is 13.3. The molecule has 2 atom stereocenters. The Bertz CT molecular complexity index is 395. The van der Waals surface area contributed by atoms with Gasteiger partial charge in [0.2, 0.25) is 0 Å². The third-order valence-corrected chi connectivity index (χ3v) is 4.37. The standard InChI is InChI=1S/C15H26N2O5/c1-10-7-17(8-13(22-10)9-21-2)15(20)16-12-5-3-11(4-6-12)14(18)19/h10-13H,3-9H2,1-2H3,(H,16,20)(H,18,19). The van der Waals surface area contributed by atoms with Crippen LogP contribution in [0.1, 0.15) is 32.6 Å². The predicted octanol–water partition coefficient (Wildman–Crippen LogP) is 1.08. The molecule has 2 rings (SSSR count). The van der Waals surface area contributed by atoms with Gasteiger partial charge in [0.25, 0.3) is 0 Å². The predicted molar refractivity (Wildman–Crippen MR) is 79.7 cm³/mol. The number of hydrogen-bond acceptors (Lipinski definition) is 4. The first kappa shape index (κ1) is 17.0. The summed E-state index contributed by atoms with van der Waals surface area (Å²) in [6, 6.07) is -0.0165. The Labute approximate surface area is 130 Å². The van der Waals surface area contributed by atoms with Crippen LogP contribution < -0.4 is 5.32 Å². The van der Waals surface area contributed by atoms with E-state index < -0.39 is 5.97 Å². The van der Waals surface area contributed by atoms with Crippen LogP contribution in [-0.4, -0.2) is 67.1 Å². The molecule has 2 N–H and O–H groups in total. The number of methoxy groups -OCH3 is 1. The average molecular weight is 314 g/mol. The van der Waals surface area contributed by atoms with E-state index in [0.29, 0.717) is 32.5 Å². The molecule has 2 unspecified atom stereocenters. The van der Waals surface area contributed by atoms with Gasteiger partial charge in [0.15, 0.2) is 0 Å². The molecule has 2 fully saturated rings. The number of morpholine rings is 1. The van der Waals surface area contributed by atoms with Crippen molar-refractivity contribution in [3.05, 3.63) is 0 Å². The monoisotopic (exact) mass is 314 g/mol. The molecule has 1 saturated carbocycles. The Balaban J connectivity index is 1.80. The minimum Gasteiger partial charge on any atom is -0.481 e. The fourth-order valence-corrected chi connectivity index (χ4v) is 3.24. The van der Waals surface area contributed by atoms with Crippen LogP contribution in [0.3, 0.4) is 0 Å². The molecular weight excluding hydrogens is 288 g/mol. The van der Waals surface area contributed by atoms with Gasteiger partial charge in [-0.25, -0.2) is 4.79 Å². The van der Waals surface area contributed by atoms with Gasteiger partial charge in [-0.2, -0.15) is 0 Å². The van der Waals surface area contributed by atoms with Gasteiger partial charge in [-0.15, -0.1) is 0 Å². The van der Waals surface area contributed by atoms with Crippen molar-refractivity contribution >= 4 is 12.0 Å². The number of amides is 2. The van der Waals surface area contributed by atoms with Crippen molar-refractivity contribution in [1.82, 2.24) is 10.2 Å². The summed E-state index contributed by atoms with van der Waals surface area (Å²) < 4.78 is 10.8. The second-order valence-corrected chi connectivity index (χ2v) is 6.27. The Hall–Kier alpha value is -1.34. The van der Waals surface area contributed by atoms with Crippen LogP contribution >= 0.6 is 0 Å². The normalized spacial score (nSPS) is 32.5. The Morgan fingerprint density at radius 2 is 1.95 bits per heavy atom. The van der Waals surface area contributed by atoms with Gasteiger partial charge in [0, 0.05) is 19.7 Å². The van der Waals surface area contributed by atoms with Crippen molar-refractivity contribution in [2.75, 3.05) is 26.8 Å². The first-order valence-electron chi connectivity index (χ1n) is 7.92. The van der Waals surface area contributed by atoms with Gasteiger partial charge in [0.1, 0.15) is 0 Å². The quantitative estimate of drug-likeness (QED) is 0.810. The number of hydrogen-bond donors (Lipinski definition) is 2. The van der Waals surface area contributed by atoms with E-state index in [9.17, 15) is 9.59 Å². The molecule has 0 bridgehead atoms. The summed E-state index contributed by atoms with van der Waals surface area (Å²) in [4.78, 5) is 25.1. The van der Waals surface area contributed by atoms with E-state index in [-0.39, 0.29) is 30.2 Å². The minimum atomic E-state index is -0.728. The van der Waals surface area contributed by atoms with Crippen LogP contribution in [0.15, 0.2) is 0 Å². The minimum absolute atomic E-state index is 0.0117. The molecule has 1 heterocycles. The fourth-order valence-electron chi connectivity index (χ4n) is 3.24. The van der Waals surface area contributed by atoms with Crippen molar-refractivity contribution in [1.29, 1.82) is 0 Å². The molecule has 0 aromatic heterocycles. The molecule has 22 heavy (non-hydrogen) atoms. The number of ether oxygens (including phenoxy) is 2. The molecule has 1 saturated heterocycles. The number of aliphatic carboxylic acids is 1. The van der Waals surface area contributed by atoms with E-state index in [0.717, 1.165) is 12.8 Å². The molecular formula is C15H26N2O5.